The smallest absolute Gasteiger partial charge is 0.142 e. The number of ether oxygens (including phenoxy) is 2. The van der Waals surface area contributed by atoms with Crippen molar-refractivity contribution >= 4 is 5.69 Å². The molecule has 112 valence electrons. The monoisotopic (exact) mass is 278 g/mol. The van der Waals surface area contributed by atoms with Crippen LogP contribution in [0, 0.1) is 0 Å². The average Bonchev–Trinajstić information content (AvgIpc) is 2.95. The summed E-state index contributed by atoms with van der Waals surface area (Å²) in [7, 11) is 0. The molecule has 0 saturated carbocycles. The second kappa shape index (κ2) is 8.00. The van der Waals surface area contributed by atoms with Gasteiger partial charge in [0.25, 0.3) is 0 Å². The summed E-state index contributed by atoms with van der Waals surface area (Å²) in [5.41, 5.74) is 1.02. The summed E-state index contributed by atoms with van der Waals surface area (Å²) >= 11 is 0. The van der Waals surface area contributed by atoms with Crippen molar-refractivity contribution in [1.29, 1.82) is 0 Å². The van der Waals surface area contributed by atoms with Crippen LogP contribution < -0.4 is 14.8 Å². The standard InChI is InChI=1S/C16H26N2O2/c1-3-19-14-7-8-16(20-4-2)15(13-14)17-9-12-18-10-5-6-11-18/h7-8,13,17H,3-6,9-12H2,1-2H3. The van der Waals surface area contributed by atoms with Crippen LogP contribution in [-0.4, -0.2) is 44.3 Å². The van der Waals surface area contributed by atoms with Crippen LogP contribution in [0.25, 0.3) is 0 Å². The van der Waals surface area contributed by atoms with E-state index in [9.17, 15) is 0 Å². The van der Waals surface area contributed by atoms with Crippen LogP contribution >= 0.6 is 0 Å². The van der Waals surface area contributed by atoms with Crippen molar-refractivity contribution in [2.24, 2.45) is 0 Å². The first-order valence-corrected chi connectivity index (χ1v) is 7.69. The Morgan fingerprint density at radius 2 is 1.85 bits per heavy atom. The summed E-state index contributed by atoms with van der Waals surface area (Å²) in [4.78, 5) is 2.50. The summed E-state index contributed by atoms with van der Waals surface area (Å²) in [5.74, 6) is 1.79. The normalized spacial score (nSPS) is 15.3. The van der Waals surface area contributed by atoms with Gasteiger partial charge in [-0.15, -0.1) is 0 Å². The first kappa shape index (κ1) is 15.0. The molecule has 0 bridgehead atoms. The quantitative estimate of drug-likeness (QED) is 0.792. The largest absolute Gasteiger partial charge is 0.494 e. The molecule has 0 unspecified atom stereocenters. The van der Waals surface area contributed by atoms with Gasteiger partial charge in [-0.25, -0.2) is 0 Å². The lowest BCUT2D eigenvalue weighted by Crippen LogP contribution is -2.26. The van der Waals surface area contributed by atoms with E-state index in [1.807, 2.05) is 32.0 Å². The molecule has 0 spiro atoms. The fourth-order valence-corrected chi connectivity index (χ4v) is 2.54. The zero-order valence-corrected chi connectivity index (χ0v) is 12.7. The van der Waals surface area contributed by atoms with Crippen molar-refractivity contribution in [3.05, 3.63) is 18.2 Å². The van der Waals surface area contributed by atoms with E-state index in [0.717, 1.165) is 30.3 Å². The fraction of sp³-hybridized carbons (Fsp3) is 0.625. The lowest BCUT2D eigenvalue weighted by Gasteiger charge is -2.17. The van der Waals surface area contributed by atoms with Crippen LogP contribution in [0.4, 0.5) is 5.69 Å². The number of nitrogens with zero attached hydrogens (tertiary/aromatic N) is 1. The molecule has 4 nitrogen and oxygen atoms in total. The zero-order chi connectivity index (χ0) is 14.2. The highest BCUT2D eigenvalue weighted by Crippen LogP contribution is 2.29. The molecule has 0 amide bonds. The molecule has 1 aromatic rings. The van der Waals surface area contributed by atoms with Crippen molar-refractivity contribution in [1.82, 2.24) is 4.90 Å². The molecule has 1 fully saturated rings. The molecule has 1 aliphatic heterocycles. The van der Waals surface area contributed by atoms with Gasteiger partial charge in [0.2, 0.25) is 0 Å². The van der Waals surface area contributed by atoms with Gasteiger partial charge in [0.15, 0.2) is 0 Å². The van der Waals surface area contributed by atoms with Crippen LogP contribution in [-0.2, 0) is 0 Å². The third-order valence-corrected chi connectivity index (χ3v) is 3.50. The molecule has 0 atom stereocenters. The maximum absolute atomic E-state index is 5.66. The Bertz CT molecular complexity index is 403. The molecule has 20 heavy (non-hydrogen) atoms. The van der Waals surface area contributed by atoms with Crippen molar-refractivity contribution in [2.75, 3.05) is 44.7 Å². The lowest BCUT2D eigenvalue weighted by molar-refractivity contribution is 0.331. The molecule has 1 saturated heterocycles. The summed E-state index contributed by atoms with van der Waals surface area (Å²) < 4.78 is 11.2. The van der Waals surface area contributed by atoms with Gasteiger partial charge >= 0.3 is 0 Å². The van der Waals surface area contributed by atoms with Crippen LogP contribution in [0.3, 0.4) is 0 Å². The molecule has 0 aromatic heterocycles. The summed E-state index contributed by atoms with van der Waals surface area (Å²) in [5, 5.41) is 3.48. The Morgan fingerprint density at radius 3 is 2.55 bits per heavy atom. The number of nitrogens with one attached hydrogen (secondary N) is 1. The minimum atomic E-state index is 0.675. The number of hydrogen-bond acceptors (Lipinski definition) is 4. The Hall–Kier alpha value is -1.42. The third-order valence-electron chi connectivity index (χ3n) is 3.50. The Kier molecular flexibility index (Phi) is 5.99. The van der Waals surface area contributed by atoms with Gasteiger partial charge in [0.05, 0.1) is 18.9 Å². The van der Waals surface area contributed by atoms with E-state index in [-0.39, 0.29) is 0 Å². The topological polar surface area (TPSA) is 33.7 Å². The second-order valence-corrected chi connectivity index (χ2v) is 5.00. The second-order valence-electron chi connectivity index (χ2n) is 5.00. The van der Waals surface area contributed by atoms with Gasteiger partial charge in [-0.2, -0.15) is 0 Å². The van der Waals surface area contributed by atoms with Crippen molar-refractivity contribution < 1.29 is 9.47 Å². The average molecular weight is 278 g/mol. The summed E-state index contributed by atoms with van der Waals surface area (Å²) in [6.45, 7) is 9.86. The number of likely N-dealkylation sites (tertiary alicyclic amines) is 1. The predicted molar refractivity (Wildman–Crippen MR) is 82.9 cm³/mol. The van der Waals surface area contributed by atoms with E-state index in [1.54, 1.807) is 0 Å². The first-order chi connectivity index (χ1) is 9.83. The highest BCUT2D eigenvalue weighted by molar-refractivity contribution is 5.59. The van der Waals surface area contributed by atoms with Gasteiger partial charge in [-0.3, -0.25) is 0 Å². The number of rotatable bonds is 8. The lowest BCUT2D eigenvalue weighted by atomic mass is 10.2. The van der Waals surface area contributed by atoms with E-state index in [4.69, 9.17) is 9.47 Å². The van der Waals surface area contributed by atoms with E-state index < -0.39 is 0 Å². The Morgan fingerprint density at radius 1 is 1.10 bits per heavy atom. The predicted octanol–water partition coefficient (Wildman–Crippen LogP) is 2.99. The van der Waals surface area contributed by atoms with E-state index in [0.29, 0.717) is 13.2 Å². The van der Waals surface area contributed by atoms with E-state index >= 15 is 0 Å². The van der Waals surface area contributed by atoms with E-state index in [2.05, 4.69) is 10.2 Å². The summed E-state index contributed by atoms with van der Waals surface area (Å²) in [6.07, 6.45) is 2.67. The maximum Gasteiger partial charge on any atom is 0.142 e. The maximum atomic E-state index is 5.66. The zero-order valence-electron chi connectivity index (χ0n) is 12.7. The molecule has 1 aliphatic rings. The molecule has 2 rings (SSSR count). The molecule has 4 heteroatoms. The van der Waals surface area contributed by atoms with Crippen LogP contribution in [0.1, 0.15) is 26.7 Å². The molecule has 1 aromatic carbocycles. The Labute approximate surface area is 122 Å². The fourth-order valence-electron chi connectivity index (χ4n) is 2.54. The highest BCUT2D eigenvalue weighted by Gasteiger charge is 2.11. The minimum absolute atomic E-state index is 0.675. The number of hydrogen-bond donors (Lipinski definition) is 1. The number of anilines is 1. The minimum Gasteiger partial charge on any atom is -0.494 e. The van der Waals surface area contributed by atoms with Crippen LogP contribution in [0.15, 0.2) is 18.2 Å². The van der Waals surface area contributed by atoms with E-state index in [1.165, 1.54) is 25.9 Å². The van der Waals surface area contributed by atoms with Gasteiger partial charge in [-0.1, -0.05) is 0 Å². The van der Waals surface area contributed by atoms with Crippen LogP contribution in [0.5, 0.6) is 11.5 Å². The number of benzene rings is 1. The van der Waals surface area contributed by atoms with Crippen molar-refractivity contribution in [2.45, 2.75) is 26.7 Å². The molecular weight excluding hydrogens is 252 g/mol. The third kappa shape index (κ3) is 4.30. The van der Waals surface area contributed by atoms with Gasteiger partial charge < -0.3 is 19.7 Å². The van der Waals surface area contributed by atoms with Crippen molar-refractivity contribution in [3.8, 4) is 11.5 Å². The SMILES string of the molecule is CCOc1ccc(OCC)c(NCCN2CCCC2)c1. The Balaban J connectivity index is 1.93. The highest BCUT2D eigenvalue weighted by atomic mass is 16.5. The van der Waals surface area contributed by atoms with Gasteiger partial charge in [-0.05, 0) is 51.9 Å². The molecule has 0 aliphatic carbocycles. The van der Waals surface area contributed by atoms with Gasteiger partial charge in [0, 0.05) is 19.2 Å². The van der Waals surface area contributed by atoms with Gasteiger partial charge in [0.1, 0.15) is 11.5 Å². The summed E-state index contributed by atoms with van der Waals surface area (Å²) in [6, 6.07) is 5.96. The molecule has 0 radical (unpaired) electrons. The molecule has 1 heterocycles. The molecule has 1 N–H and O–H groups in total. The first-order valence-electron chi connectivity index (χ1n) is 7.69. The van der Waals surface area contributed by atoms with Crippen molar-refractivity contribution in [3.63, 3.8) is 0 Å². The van der Waals surface area contributed by atoms with Crippen LogP contribution in [0.2, 0.25) is 0 Å². The molecular formula is C16H26N2O2.